The number of hydrogen-bond acceptors (Lipinski definition) is 2. The number of carbonyl (C=O) groups is 1. The Hall–Kier alpha value is -1.77. The topological polar surface area (TPSA) is 29.5 Å². The summed E-state index contributed by atoms with van der Waals surface area (Å²) in [6, 6.07) is 5.82. The third kappa shape index (κ3) is 1.69. The Bertz CT molecular complexity index is 451. The summed E-state index contributed by atoms with van der Waals surface area (Å²) >= 11 is 0. The molecule has 16 heavy (non-hydrogen) atoms. The van der Waals surface area contributed by atoms with E-state index in [1.54, 1.807) is 25.3 Å². The molecule has 0 aromatic heterocycles. The monoisotopic (exact) mass is 217 g/mol. The van der Waals surface area contributed by atoms with Gasteiger partial charge in [-0.1, -0.05) is 6.07 Å². The Morgan fingerprint density at radius 3 is 2.81 bits per heavy atom. The molecular weight excluding hydrogens is 202 g/mol. The number of methoxy groups -OCH3 is 1. The number of carbonyl (C=O) groups excluding carboxylic acids is 1. The molecule has 0 saturated carbocycles. The predicted octanol–water partition coefficient (Wildman–Crippen LogP) is 2.24. The Balaban J connectivity index is 2.53. The van der Waals surface area contributed by atoms with Crippen molar-refractivity contribution in [2.75, 3.05) is 14.2 Å². The SMILES string of the molecule is COc1ccc2c(c1)C(C)C(=O)N(C)C=C2. The van der Waals surface area contributed by atoms with Gasteiger partial charge in [-0.15, -0.1) is 0 Å². The highest BCUT2D eigenvalue weighted by Crippen LogP contribution is 2.29. The zero-order valence-corrected chi connectivity index (χ0v) is 9.73. The molecule has 84 valence electrons. The molecule has 3 heteroatoms. The minimum atomic E-state index is -0.134. The number of ether oxygens (including phenoxy) is 1. The largest absolute Gasteiger partial charge is 0.497 e. The van der Waals surface area contributed by atoms with Crippen molar-refractivity contribution in [1.82, 2.24) is 4.90 Å². The van der Waals surface area contributed by atoms with Crippen LogP contribution in [0.15, 0.2) is 24.4 Å². The van der Waals surface area contributed by atoms with E-state index >= 15 is 0 Å². The van der Waals surface area contributed by atoms with Crippen molar-refractivity contribution >= 4 is 12.0 Å². The summed E-state index contributed by atoms with van der Waals surface area (Å²) in [6.07, 6.45) is 3.76. The van der Waals surface area contributed by atoms with Crippen LogP contribution in [0.25, 0.3) is 6.08 Å². The molecule has 0 fully saturated rings. The highest BCUT2D eigenvalue weighted by atomic mass is 16.5. The maximum absolute atomic E-state index is 11.9. The molecule has 1 aromatic rings. The molecule has 1 amide bonds. The average molecular weight is 217 g/mol. The maximum atomic E-state index is 11.9. The van der Waals surface area contributed by atoms with Gasteiger partial charge >= 0.3 is 0 Å². The predicted molar refractivity (Wildman–Crippen MR) is 63.2 cm³/mol. The van der Waals surface area contributed by atoms with Gasteiger partial charge in [0.2, 0.25) is 5.91 Å². The van der Waals surface area contributed by atoms with E-state index < -0.39 is 0 Å². The van der Waals surface area contributed by atoms with Gasteiger partial charge in [0.25, 0.3) is 0 Å². The van der Waals surface area contributed by atoms with Gasteiger partial charge in [-0.25, -0.2) is 0 Å². The van der Waals surface area contributed by atoms with E-state index in [9.17, 15) is 4.79 Å². The quantitative estimate of drug-likeness (QED) is 0.722. The van der Waals surface area contributed by atoms with E-state index in [4.69, 9.17) is 4.74 Å². The molecule has 2 rings (SSSR count). The maximum Gasteiger partial charge on any atom is 0.233 e. The van der Waals surface area contributed by atoms with Gasteiger partial charge in [-0.2, -0.15) is 0 Å². The first-order valence-corrected chi connectivity index (χ1v) is 5.26. The van der Waals surface area contributed by atoms with Crippen LogP contribution in [0.3, 0.4) is 0 Å². The van der Waals surface area contributed by atoms with E-state index in [0.717, 1.165) is 16.9 Å². The lowest BCUT2D eigenvalue weighted by atomic mass is 9.95. The van der Waals surface area contributed by atoms with Crippen molar-refractivity contribution in [2.45, 2.75) is 12.8 Å². The third-order valence-electron chi connectivity index (χ3n) is 2.96. The van der Waals surface area contributed by atoms with E-state index in [1.165, 1.54) is 0 Å². The second kappa shape index (κ2) is 4.00. The van der Waals surface area contributed by atoms with Crippen LogP contribution in [-0.4, -0.2) is 25.0 Å². The normalized spacial score (nSPS) is 19.3. The van der Waals surface area contributed by atoms with Gasteiger partial charge in [0, 0.05) is 13.2 Å². The first-order valence-electron chi connectivity index (χ1n) is 5.26. The van der Waals surface area contributed by atoms with Crippen LogP contribution in [0.1, 0.15) is 24.0 Å². The summed E-state index contributed by atoms with van der Waals surface area (Å²) in [6.45, 7) is 1.92. The number of likely N-dealkylation sites (N-methyl/N-ethyl adjacent to an activating group) is 1. The summed E-state index contributed by atoms with van der Waals surface area (Å²) in [5.74, 6) is 0.754. The summed E-state index contributed by atoms with van der Waals surface area (Å²) in [5, 5.41) is 0. The van der Waals surface area contributed by atoms with Gasteiger partial charge < -0.3 is 9.64 Å². The molecule has 0 bridgehead atoms. The number of fused-ring (bicyclic) bond motifs is 1. The second-order valence-corrected chi connectivity index (χ2v) is 3.98. The van der Waals surface area contributed by atoms with Crippen LogP contribution in [0, 0.1) is 0 Å². The number of amides is 1. The van der Waals surface area contributed by atoms with Crippen molar-refractivity contribution in [2.24, 2.45) is 0 Å². The molecule has 1 aromatic carbocycles. The molecule has 0 aliphatic carbocycles. The second-order valence-electron chi connectivity index (χ2n) is 3.98. The molecule has 0 N–H and O–H groups in total. The van der Waals surface area contributed by atoms with Crippen LogP contribution >= 0.6 is 0 Å². The zero-order valence-electron chi connectivity index (χ0n) is 9.73. The molecule has 1 atom stereocenters. The Morgan fingerprint density at radius 2 is 2.12 bits per heavy atom. The third-order valence-corrected chi connectivity index (χ3v) is 2.96. The average Bonchev–Trinajstić information content (AvgIpc) is 2.42. The van der Waals surface area contributed by atoms with E-state index in [1.807, 2.05) is 31.2 Å². The van der Waals surface area contributed by atoms with Crippen molar-refractivity contribution in [3.05, 3.63) is 35.5 Å². The first kappa shape index (κ1) is 10.7. The highest BCUT2D eigenvalue weighted by molar-refractivity contribution is 5.87. The molecule has 1 unspecified atom stereocenters. The van der Waals surface area contributed by atoms with Crippen molar-refractivity contribution in [3.63, 3.8) is 0 Å². The Labute approximate surface area is 95.3 Å². The lowest BCUT2D eigenvalue weighted by Crippen LogP contribution is -2.24. The first-order chi connectivity index (χ1) is 7.63. The summed E-state index contributed by atoms with van der Waals surface area (Å²) in [7, 11) is 3.41. The van der Waals surface area contributed by atoms with Crippen molar-refractivity contribution in [1.29, 1.82) is 0 Å². The van der Waals surface area contributed by atoms with E-state index in [-0.39, 0.29) is 11.8 Å². The summed E-state index contributed by atoms with van der Waals surface area (Å²) < 4.78 is 5.18. The van der Waals surface area contributed by atoms with E-state index in [0.29, 0.717) is 0 Å². The van der Waals surface area contributed by atoms with Gasteiger partial charge in [-0.05, 0) is 36.3 Å². The van der Waals surface area contributed by atoms with Crippen LogP contribution in [-0.2, 0) is 4.79 Å². The number of rotatable bonds is 1. The fraction of sp³-hybridized carbons (Fsp3) is 0.308. The van der Waals surface area contributed by atoms with Crippen LogP contribution < -0.4 is 4.74 Å². The van der Waals surface area contributed by atoms with Crippen molar-refractivity contribution < 1.29 is 9.53 Å². The number of nitrogens with zero attached hydrogens (tertiary/aromatic N) is 1. The van der Waals surface area contributed by atoms with Crippen LogP contribution in [0.2, 0.25) is 0 Å². The summed E-state index contributed by atoms with van der Waals surface area (Å²) in [5.41, 5.74) is 2.09. The van der Waals surface area contributed by atoms with Gasteiger partial charge in [0.15, 0.2) is 0 Å². The molecule has 1 heterocycles. The van der Waals surface area contributed by atoms with Crippen molar-refractivity contribution in [3.8, 4) is 5.75 Å². The molecule has 0 spiro atoms. The minimum absolute atomic E-state index is 0.100. The molecule has 1 aliphatic rings. The van der Waals surface area contributed by atoms with Gasteiger partial charge in [0.05, 0.1) is 13.0 Å². The smallest absolute Gasteiger partial charge is 0.233 e. The Kier molecular flexibility index (Phi) is 2.69. The van der Waals surface area contributed by atoms with Crippen LogP contribution in [0.4, 0.5) is 0 Å². The number of hydrogen-bond donors (Lipinski definition) is 0. The molecule has 1 aliphatic heterocycles. The number of benzene rings is 1. The minimum Gasteiger partial charge on any atom is -0.497 e. The van der Waals surface area contributed by atoms with Gasteiger partial charge in [0.1, 0.15) is 5.75 Å². The summed E-state index contributed by atoms with van der Waals surface area (Å²) in [4.78, 5) is 13.6. The van der Waals surface area contributed by atoms with Crippen LogP contribution in [0.5, 0.6) is 5.75 Å². The molecule has 0 saturated heterocycles. The lowest BCUT2D eigenvalue weighted by Gasteiger charge is -2.16. The molecular formula is C13H15NO2. The highest BCUT2D eigenvalue weighted by Gasteiger charge is 2.23. The standard InChI is InChI=1S/C13H15NO2/c1-9-12-8-11(16-3)5-4-10(12)6-7-14(2)13(9)15/h4-9H,1-3H3. The molecule has 3 nitrogen and oxygen atoms in total. The Morgan fingerprint density at radius 1 is 1.38 bits per heavy atom. The molecule has 0 radical (unpaired) electrons. The lowest BCUT2D eigenvalue weighted by molar-refractivity contribution is -0.128. The zero-order chi connectivity index (χ0) is 11.7. The van der Waals surface area contributed by atoms with Gasteiger partial charge in [-0.3, -0.25) is 4.79 Å². The van der Waals surface area contributed by atoms with E-state index in [2.05, 4.69) is 0 Å². The fourth-order valence-electron chi connectivity index (χ4n) is 1.91. The fourth-order valence-corrected chi connectivity index (χ4v) is 1.91.